The van der Waals surface area contributed by atoms with E-state index in [1.807, 2.05) is 30.5 Å². The number of amides is 1. The minimum atomic E-state index is -3.00. The van der Waals surface area contributed by atoms with Crippen LogP contribution in [0.1, 0.15) is 6.42 Å². The molecule has 1 aromatic carbocycles. The van der Waals surface area contributed by atoms with Gasteiger partial charge in [-0.25, -0.2) is 8.42 Å². The minimum Gasteiger partial charge on any atom is -0.326 e. The summed E-state index contributed by atoms with van der Waals surface area (Å²) in [6.45, 7) is 0.419. The zero-order chi connectivity index (χ0) is 14.6. The monoisotopic (exact) mass is 314 g/mol. The Balaban J connectivity index is 1.88. The molecule has 0 aromatic heterocycles. The lowest BCUT2D eigenvalue weighted by Gasteiger charge is -2.23. The summed E-state index contributed by atoms with van der Waals surface area (Å²) in [6.07, 6.45) is 2.16. The molecule has 1 heterocycles. The Labute approximate surface area is 123 Å². The molecule has 0 aliphatic carbocycles. The molecule has 0 saturated carbocycles. The Bertz CT molecular complexity index is 570. The van der Waals surface area contributed by atoms with E-state index >= 15 is 0 Å². The minimum absolute atomic E-state index is 0.0336. The summed E-state index contributed by atoms with van der Waals surface area (Å²) in [5.74, 6) is 0.0177. The maximum absolute atomic E-state index is 11.9. The van der Waals surface area contributed by atoms with Crippen molar-refractivity contribution in [3.63, 3.8) is 0 Å². The molecule has 0 radical (unpaired) electrons. The van der Waals surface area contributed by atoms with Crippen molar-refractivity contribution in [1.29, 1.82) is 0 Å². The molecule has 7 heteroatoms. The molecule has 1 saturated heterocycles. The first kappa shape index (κ1) is 15.3. The van der Waals surface area contributed by atoms with Gasteiger partial charge in [-0.15, -0.1) is 11.8 Å². The zero-order valence-electron chi connectivity index (χ0n) is 11.3. The standard InChI is InChI=1S/C13H18N2O3S2/c1-19-12-4-2-10(3-5-12)15-13(16)8-11-9-20(17,18)7-6-14-11/h2-5,11,14H,6-9H2,1H3,(H,15,16). The van der Waals surface area contributed by atoms with Gasteiger partial charge in [-0.05, 0) is 30.5 Å². The van der Waals surface area contributed by atoms with Crippen LogP contribution in [0.25, 0.3) is 0 Å². The number of anilines is 1. The van der Waals surface area contributed by atoms with E-state index in [0.717, 1.165) is 10.6 Å². The molecule has 1 fully saturated rings. The van der Waals surface area contributed by atoms with Gasteiger partial charge < -0.3 is 10.6 Å². The first-order chi connectivity index (χ1) is 9.48. The van der Waals surface area contributed by atoms with Crippen LogP contribution in [0.15, 0.2) is 29.2 Å². The molecule has 1 unspecified atom stereocenters. The number of benzene rings is 1. The van der Waals surface area contributed by atoms with E-state index in [-0.39, 0.29) is 29.9 Å². The van der Waals surface area contributed by atoms with Crippen LogP contribution in [0.3, 0.4) is 0 Å². The third-order valence-electron chi connectivity index (χ3n) is 3.11. The highest BCUT2D eigenvalue weighted by molar-refractivity contribution is 7.98. The number of hydrogen-bond donors (Lipinski definition) is 2. The van der Waals surface area contributed by atoms with Crippen molar-refractivity contribution in [3.8, 4) is 0 Å². The lowest BCUT2D eigenvalue weighted by molar-refractivity contribution is -0.116. The first-order valence-electron chi connectivity index (χ1n) is 6.36. The van der Waals surface area contributed by atoms with Crippen molar-refractivity contribution < 1.29 is 13.2 Å². The Hall–Kier alpha value is -1.05. The fraction of sp³-hybridized carbons (Fsp3) is 0.462. The third-order valence-corrected chi connectivity index (χ3v) is 5.59. The number of sulfone groups is 1. The van der Waals surface area contributed by atoms with E-state index < -0.39 is 9.84 Å². The third kappa shape index (κ3) is 4.50. The molecular weight excluding hydrogens is 296 g/mol. The summed E-state index contributed by atoms with van der Waals surface area (Å²) in [6, 6.07) is 7.26. The number of rotatable bonds is 4. The smallest absolute Gasteiger partial charge is 0.225 e. The highest BCUT2D eigenvalue weighted by Crippen LogP contribution is 2.17. The molecule has 1 amide bonds. The molecule has 1 atom stereocenters. The van der Waals surface area contributed by atoms with Crippen LogP contribution in [0, 0.1) is 0 Å². The number of hydrogen-bond acceptors (Lipinski definition) is 5. The van der Waals surface area contributed by atoms with Crippen LogP contribution in [-0.4, -0.2) is 44.7 Å². The second kappa shape index (κ2) is 6.60. The Kier molecular flexibility index (Phi) is 5.06. The Morgan fingerprint density at radius 3 is 2.70 bits per heavy atom. The van der Waals surface area contributed by atoms with Crippen LogP contribution >= 0.6 is 11.8 Å². The van der Waals surface area contributed by atoms with Crippen molar-refractivity contribution in [1.82, 2.24) is 5.32 Å². The van der Waals surface area contributed by atoms with Gasteiger partial charge in [0.2, 0.25) is 5.91 Å². The van der Waals surface area contributed by atoms with E-state index in [2.05, 4.69) is 10.6 Å². The quantitative estimate of drug-likeness (QED) is 0.815. The fourth-order valence-corrected chi connectivity index (χ4v) is 3.96. The SMILES string of the molecule is CSc1ccc(NC(=O)CC2CS(=O)(=O)CCN2)cc1. The summed E-state index contributed by atoms with van der Waals surface area (Å²) in [4.78, 5) is 13.0. The lowest BCUT2D eigenvalue weighted by Crippen LogP contribution is -2.46. The van der Waals surface area contributed by atoms with Gasteiger partial charge in [0.15, 0.2) is 9.84 Å². The van der Waals surface area contributed by atoms with E-state index in [0.29, 0.717) is 6.54 Å². The summed E-state index contributed by atoms with van der Waals surface area (Å²) >= 11 is 1.64. The number of thioether (sulfide) groups is 1. The van der Waals surface area contributed by atoms with Gasteiger partial charge in [-0.2, -0.15) is 0 Å². The summed E-state index contributed by atoms with van der Waals surface area (Å²) in [5.41, 5.74) is 0.728. The van der Waals surface area contributed by atoms with Gasteiger partial charge in [0.25, 0.3) is 0 Å². The van der Waals surface area contributed by atoms with E-state index in [1.54, 1.807) is 11.8 Å². The Morgan fingerprint density at radius 2 is 2.10 bits per heavy atom. The molecule has 20 heavy (non-hydrogen) atoms. The molecule has 1 aliphatic heterocycles. The van der Waals surface area contributed by atoms with Crippen molar-refractivity contribution in [2.75, 3.05) is 29.6 Å². The highest BCUT2D eigenvalue weighted by atomic mass is 32.2. The van der Waals surface area contributed by atoms with Crippen LogP contribution in [0.2, 0.25) is 0 Å². The number of nitrogens with one attached hydrogen (secondary N) is 2. The van der Waals surface area contributed by atoms with Crippen molar-refractivity contribution in [2.24, 2.45) is 0 Å². The van der Waals surface area contributed by atoms with Crippen LogP contribution in [-0.2, 0) is 14.6 Å². The van der Waals surface area contributed by atoms with Gasteiger partial charge in [-0.1, -0.05) is 0 Å². The average Bonchev–Trinajstić information content (AvgIpc) is 2.38. The summed E-state index contributed by atoms with van der Waals surface area (Å²) in [7, 11) is -3.00. The van der Waals surface area contributed by atoms with Gasteiger partial charge in [0.05, 0.1) is 11.5 Å². The summed E-state index contributed by atoms with van der Waals surface area (Å²) in [5, 5.41) is 5.85. The van der Waals surface area contributed by atoms with Gasteiger partial charge >= 0.3 is 0 Å². The topological polar surface area (TPSA) is 75.3 Å². The Morgan fingerprint density at radius 1 is 1.40 bits per heavy atom. The largest absolute Gasteiger partial charge is 0.326 e. The van der Waals surface area contributed by atoms with Gasteiger partial charge in [0, 0.05) is 29.6 Å². The normalized spacial score (nSPS) is 21.4. The van der Waals surface area contributed by atoms with Crippen LogP contribution in [0.4, 0.5) is 5.69 Å². The molecule has 1 aliphatic rings. The molecule has 0 spiro atoms. The van der Waals surface area contributed by atoms with E-state index in [1.165, 1.54) is 0 Å². The second-order valence-electron chi connectivity index (χ2n) is 4.75. The molecule has 2 rings (SSSR count). The van der Waals surface area contributed by atoms with E-state index in [9.17, 15) is 13.2 Å². The summed E-state index contributed by atoms with van der Waals surface area (Å²) < 4.78 is 23.0. The number of carbonyl (C=O) groups is 1. The van der Waals surface area contributed by atoms with Crippen molar-refractivity contribution >= 4 is 33.2 Å². The zero-order valence-corrected chi connectivity index (χ0v) is 12.9. The lowest BCUT2D eigenvalue weighted by atomic mass is 10.2. The maximum atomic E-state index is 11.9. The van der Waals surface area contributed by atoms with Gasteiger partial charge in [-0.3, -0.25) is 4.79 Å². The number of carbonyl (C=O) groups excluding carboxylic acids is 1. The predicted molar refractivity (Wildman–Crippen MR) is 81.9 cm³/mol. The van der Waals surface area contributed by atoms with Crippen LogP contribution in [0.5, 0.6) is 0 Å². The first-order valence-corrected chi connectivity index (χ1v) is 9.41. The molecule has 1 aromatic rings. The van der Waals surface area contributed by atoms with Gasteiger partial charge in [0.1, 0.15) is 0 Å². The molecule has 110 valence electrons. The predicted octanol–water partition coefficient (Wildman–Crippen LogP) is 1.12. The molecular formula is C13H18N2O3S2. The molecule has 5 nitrogen and oxygen atoms in total. The molecule has 0 bridgehead atoms. The van der Waals surface area contributed by atoms with E-state index in [4.69, 9.17) is 0 Å². The maximum Gasteiger partial charge on any atom is 0.225 e. The molecule has 2 N–H and O–H groups in total. The van der Waals surface area contributed by atoms with Crippen LogP contribution < -0.4 is 10.6 Å². The highest BCUT2D eigenvalue weighted by Gasteiger charge is 2.25. The average molecular weight is 314 g/mol. The van der Waals surface area contributed by atoms with Crippen molar-refractivity contribution in [2.45, 2.75) is 17.4 Å². The fourth-order valence-electron chi connectivity index (χ4n) is 2.11. The second-order valence-corrected chi connectivity index (χ2v) is 7.85. The van der Waals surface area contributed by atoms with Crippen molar-refractivity contribution in [3.05, 3.63) is 24.3 Å².